The molecule has 2 rings (SSSR count). The van der Waals surface area contributed by atoms with Crippen LogP contribution in [0.1, 0.15) is 29.0 Å². The summed E-state index contributed by atoms with van der Waals surface area (Å²) in [6.07, 6.45) is 1.53. The van der Waals surface area contributed by atoms with Crippen molar-refractivity contribution in [2.75, 3.05) is 0 Å². The largest absolute Gasteiger partial charge is 0.341 e. The summed E-state index contributed by atoms with van der Waals surface area (Å²) in [6, 6.07) is 11.1. The van der Waals surface area contributed by atoms with Crippen LogP contribution in [0.5, 0.6) is 0 Å². The second-order valence-electron chi connectivity index (χ2n) is 4.77. The van der Waals surface area contributed by atoms with Crippen molar-refractivity contribution in [2.45, 2.75) is 19.9 Å². The Morgan fingerprint density at radius 3 is 2.55 bits per heavy atom. The standard InChI is InChI=1S/C16H17N3O2S/c1-11-8-9-22-14(11)10-17-19-16(21)15(20)18-12(2)13-6-4-3-5-7-13/h3-10,12H,1-2H3,(H,18,20)(H,19,21)/b17-10-/t12-/m1/s1. The first-order valence-electron chi connectivity index (χ1n) is 6.81. The molecule has 0 saturated carbocycles. The van der Waals surface area contributed by atoms with Gasteiger partial charge in [0.05, 0.1) is 12.3 Å². The highest BCUT2D eigenvalue weighted by Crippen LogP contribution is 2.12. The van der Waals surface area contributed by atoms with Gasteiger partial charge in [-0.2, -0.15) is 5.10 Å². The van der Waals surface area contributed by atoms with E-state index in [1.54, 1.807) is 0 Å². The minimum atomic E-state index is -0.784. The molecule has 1 heterocycles. The average molecular weight is 315 g/mol. The smallest absolute Gasteiger partial charge is 0.329 e. The number of amides is 2. The number of benzene rings is 1. The lowest BCUT2D eigenvalue weighted by Crippen LogP contribution is -2.39. The zero-order valence-electron chi connectivity index (χ0n) is 12.4. The van der Waals surface area contributed by atoms with Crippen molar-refractivity contribution < 1.29 is 9.59 Å². The molecule has 0 saturated heterocycles. The van der Waals surface area contributed by atoms with E-state index in [4.69, 9.17) is 0 Å². The van der Waals surface area contributed by atoms with Crippen molar-refractivity contribution >= 4 is 29.4 Å². The lowest BCUT2D eigenvalue weighted by Gasteiger charge is -2.13. The molecule has 5 nitrogen and oxygen atoms in total. The highest BCUT2D eigenvalue weighted by molar-refractivity contribution is 7.11. The molecule has 0 aliphatic heterocycles. The number of thiophene rings is 1. The van der Waals surface area contributed by atoms with Gasteiger partial charge >= 0.3 is 11.8 Å². The number of aryl methyl sites for hydroxylation is 1. The van der Waals surface area contributed by atoms with Gasteiger partial charge < -0.3 is 5.32 Å². The van der Waals surface area contributed by atoms with Crippen LogP contribution >= 0.6 is 11.3 Å². The highest BCUT2D eigenvalue weighted by Gasteiger charge is 2.16. The van der Waals surface area contributed by atoms with Crippen LogP contribution in [0.2, 0.25) is 0 Å². The molecule has 2 N–H and O–H groups in total. The third kappa shape index (κ3) is 4.26. The van der Waals surface area contributed by atoms with Crippen LogP contribution in [-0.2, 0) is 9.59 Å². The van der Waals surface area contributed by atoms with Gasteiger partial charge in [-0.05, 0) is 36.4 Å². The summed E-state index contributed by atoms with van der Waals surface area (Å²) >= 11 is 1.52. The van der Waals surface area contributed by atoms with Crippen LogP contribution in [0.25, 0.3) is 0 Å². The molecule has 0 unspecified atom stereocenters. The van der Waals surface area contributed by atoms with Crippen molar-refractivity contribution in [3.63, 3.8) is 0 Å². The molecule has 2 aromatic rings. The topological polar surface area (TPSA) is 70.6 Å². The molecule has 0 fully saturated rings. The maximum atomic E-state index is 11.8. The number of carbonyl (C=O) groups is 2. The van der Waals surface area contributed by atoms with E-state index in [2.05, 4.69) is 15.8 Å². The molecular weight excluding hydrogens is 298 g/mol. The number of nitrogens with one attached hydrogen (secondary N) is 2. The monoisotopic (exact) mass is 315 g/mol. The lowest BCUT2D eigenvalue weighted by atomic mass is 10.1. The van der Waals surface area contributed by atoms with Crippen LogP contribution in [0.3, 0.4) is 0 Å². The second-order valence-corrected chi connectivity index (χ2v) is 5.72. The van der Waals surface area contributed by atoms with Crippen molar-refractivity contribution in [1.82, 2.24) is 10.7 Å². The molecule has 0 spiro atoms. The third-order valence-electron chi connectivity index (χ3n) is 3.10. The predicted octanol–water partition coefficient (Wildman–Crippen LogP) is 2.38. The number of carbonyl (C=O) groups excluding carboxylic acids is 2. The molecule has 2 amide bonds. The number of nitrogens with zero attached hydrogens (tertiary/aromatic N) is 1. The van der Waals surface area contributed by atoms with Crippen LogP contribution in [0.15, 0.2) is 46.9 Å². The van der Waals surface area contributed by atoms with E-state index in [0.717, 1.165) is 16.0 Å². The van der Waals surface area contributed by atoms with Gasteiger partial charge in [-0.15, -0.1) is 11.3 Å². The van der Waals surface area contributed by atoms with Crippen LogP contribution in [0, 0.1) is 6.92 Å². The summed E-state index contributed by atoms with van der Waals surface area (Å²) in [7, 11) is 0. The van der Waals surface area contributed by atoms with E-state index >= 15 is 0 Å². The maximum absolute atomic E-state index is 11.8. The van der Waals surface area contributed by atoms with Gasteiger partial charge in [-0.3, -0.25) is 9.59 Å². The Balaban J connectivity index is 1.86. The van der Waals surface area contributed by atoms with Crippen molar-refractivity contribution in [1.29, 1.82) is 0 Å². The Morgan fingerprint density at radius 2 is 1.91 bits per heavy atom. The van der Waals surface area contributed by atoms with Gasteiger partial charge in [-0.1, -0.05) is 30.3 Å². The Labute approximate surface area is 133 Å². The number of rotatable bonds is 4. The zero-order valence-corrected chi connectivity index (χ0v) is 13.2. The molecule has 0 aliphatic carbocycles. The molecule has 0 aliphatic rings. The molecule has 0 radical (unpaired) electrons. The van der Waals surface area contributed by atoms with Crippen molar-refractivity contribution in [2.24, 2.45) is 5.10 Å². The van der Waals surface area contributed by atoms with E-state index < -0.39 is 11.8 Å². The predicted molar refractivity (Wildman–Crippen MR) is 87.8 cm³/mol. The number of hydrogen-bond acceptors (Lipinski definition) is 4. The molecule has 114 valence electrons. The SMILES string of the molecule is Cc1ccsc1/C=N\NC(=O)C(=O)N[C@H](C)c1ccccc1. The lowest BCUT2D eigenvalue weighted by molar-refractivity contribution is -0.139. The molecule has 6 heteroatoms. The van der Waals surface area contributed by atoms with Gasteiger partial charge in [0.15, 0.2) is 0 Å². The molecule has 1 atom stereocenters. The van der Waals surface area contributed by atoms with Gasteiger partial charge in [0.1, 0.15) is 0 Å². The summed E-state index contributed by atoms with van der Waals surface area (Å²) in [4.78, 5) is 24.4. The Morgan fingerprint density at radius 1 is 1.18 bits per heavy atom. The van der Waals surface area contributed by atoms with E-state index in [-0.39, 0.29) is 6.04 Å². The van der Waals surface area contributed by atoms with Crippen LogP contribution < -0.4 is 10.7 Å². The van der Waals surface area contributed by atoms with E-state index in [9.17, 15) is 9.59 Å². The second kappa shape index (κ2) is 7.51. The summed E-state index contributed by atoms with van der Waals surface area (Å²) in [5.41, 5.74) is 4.24. The fourth-order valence-electron chi connectivity index (χ4n) is 1.80. The first-order chi connectivity index (χ1) is 10.6. The summed E-state index contributed by atoms with van der Waals surface area (Å²) in [6.45, 7) is 3.77. The first-order valence-corrected chi connectivity index (χ1v) is 7.69. The van der Waals surface area contributed by atoms with Gasteiger partial charge in [0, 0.05) is 4.88 Å². The molecule has 0 bridgehead atoms. The third-order valence-corrected chi connectivity index (χ3v) is 4.06. The fraction of sp³-hybridized carbons (Fsp3) is 0.188. The summed E-state index contributed by atoms with van der Waals surface area (Å²) < 4.78 is 0. The van der Waals surface area contributed by atoms with E-state index in [1.165, 1.54) is 17.6 Å². The quantitative estimate of drug-likeness (QED) is 0.516. The van der Waals surface area contributed by atoms with E-state index in [1.807, 2.05) is 55.6 Å². The van der Waals surface area contributed by atoms with Gasteiger partial charge in [-0.25, -0.2) is 5.43 Å². The van der Waals surface area contributed by atoms with Crippen LogP contribution in [-0.4, -0.2) is 18.0 Å². The fourth-order valence-corrected chi connectivity index (χ4v) is 2.59. The van der Waals surface area contributed by atoms with Gasteiger partial charge in [0.2, 0.25) is 0 Å². The molecule has 22 heavy (non-hydrogen) atoms. The minimum absolute atomic E-state index is 0.247. The summed E-state index contributed by atoms with van der Waals surface area (Å²) in [5.74, 6) is -1.50. The molecular formula is C16H17N3O2S. The minimum Gasteiger partial charge on any atom is -0.341 e. The Hall–Kier alpha value is -2.47. The average Bonchev–Trinajstić information content (AvgIpc) is 2.93. The Kier molecular flexibility index (Phi) is 5.43. The number of hydrazone groups is 1. The Bertz CT molecular complexity index is 680. The highest BCUT2D eigenvalue weighted by atomic mass is 32.1. The van der Waals surface area contributed by atoms with Crippen molar-refractivity contribution in [3.05, 3.63) is 57.8 Å². The number of hydrogen-bond donors (Lipinski definition) is 2. The van der Waals surface area contributed by atoms with Gasteiger partial charge in [0.25, 0.3) is 0 Å². The normalized spacial score (nSPS) is 12.1. The van der Waals surface area contributed by atoms with E-state index in [0.29, 0.717) is 0 Å². The molecule has 1 aromatic heterocycles. The summed E-state index contributed by atoms with van der Waals surface area (Å²) in [5, 5.41) is 8.37. The first kappa shape index (κ1) is 15.9. The van der Waals surface area contributed by atoms with Crippen molar-refractivity contribution in [3.8, 4) is 0 Å². The van der Waals surface area contributed by atoms with Crippen LogP contribution in [0.4, 0.5) is 0 Å². The zero-order chi connectivity index (χ0) is 15.9. The molecule has 1 aromatic carbocycles. The maximum Gasteiger partial charge on any atom is 0.329 e.